The van der Waals surface area contributed by atoms with Gasteiger partial charge >= 0.3 is 0 Å². The van der Waals surface area contributed by atoms with Crippen molar-refractivity contribution in [2.75, 3.05) is 30.1 Å². The fraction of sp³-hybridized carbons (Fsp3) is 0.444. The Kier molecular flexibility index (Phi) is 5.50. The van der Waals surface area contributed by atoms with Crippen molar-refractivity contribution in [2.45, 2.75) is 12.1 Å². The zero-order chi connectivity index (χ0) is 12.7. The summed E-state index contributed by atoms with van der Waals surface area (Å²) in [5.74, 6) is 6.47. The average Bonchev–Trinajstić information content (AvgIpc) is 2.34. The maximum absolute atomic E-state index is 10.7. The van der Waals surface area contributed by atoms with E-state index < -0.39 is 0 Å². The molecule has 0 aromatic carbocycles. The maximum atomic E-state index is 10.7. The summed E-state index contributed by atoms with van der Waals surface area (Å²) in [4.78, 5) is 19.0. The summed E-state index contributed by atoms with van der Waals surface area (Å²) in [6.07, 6.45) is 1.89. The van der Waals surface area contributed by atoms with Crippen LogP contribution in [0.4, 0.5) is 11.6 Å². The molecule has 1 amide bonds. The molecule has 0 spiro atoms. The van der Waals surface area contributed by atoms with Crippen LogP contribution in [0.15, 0.2) is 11.2 Å². The van der Waals surface area contributed by atoms with E-state index in [0.717, 1.165) is 0 Å². The first-order valence-corrected chi connectivity index (χ1v) is 6.26. The molecular weight excluding hydrogens is 240 g/mol. The molecule has 0 saturated carbocycles. The number of carbonyl (C=O) groups excluding carboxylic acids is 1. The number of nitrogens with zero attached hydrogens (tertiary/aromatic N) is 2. The minimum Gasteiger partial charge on any atom is -0.368 e. The SMILES string of the molecule is CSc1nc(NN)cc(NCCNC(C)=O)n1. The van der Waals surface area contributed by atoms with Crippen LogP contribution < -0.4 is 21.9 Å². The zero-order valence-electron chi connectivity index (χ0n) is 9.78. The van der Waals surface area contributed by atoms with Crippen LogP contribution in [0.2, 0.25) is 0 Å². The Morgan fingerprint density at radius 1 is 1.41 bits per heavy atom. The number of carbonyl (C=O) groups is 1. The van der Waals surface area contributed by atoms with Gasteiger partial charge in [-0.2, -0.15) is 0 Å². The summed E-state index contributed by atoms with van der Waals surface area (Å²) >= 11 is 1.43. The van der Waals surface area contributed by atoms with Gasteiger partial charge < -0.3 is 16.1 Å². The number of nitrogens with two attached hydrogens (primary N) is 1. The fourth-order valence-corrected chi connectivity index (χ4v) is 1.49. The van der Waals surface area contributed by atoms with Crippen LogP contribution in [0.3, 0.4) is 0 Å². The third-order valence-corrected chi connectivity index (χ3v) is 2.39. The molecule has 0 radical (unpaired) electrons. The summed E-state index contributed by atoms with van der Waals surface area (Å²) in [6.45, 7) is 2.61. The van der Waals surface area contributed by atoms with Gasteiger partial charge in [-0.05, 0) is 6.26 Å². The molecule has 17 heavy (non-hydrogen) atoms. The van der Waals surface area contributed by atoms with E-state index in [1.807, 2.05) is 6.26 Å². The van der Waals surface area contributed by atoms with Crippen LogP contribution in [-0.4, -0.2) is 35.2 Å². The van der Waals surface area contributed by atoms with Crippen molar-refractivity contribution in [1.82, 2.24) is 15.3 Å². The van der Waals surface area contributed by atoms with Gasteiger partial charge in [-0.25, -0.2) is 15.8 Å². The number of anilines is 2. The fourth-order valence-electron chi connectivity index (χ4n) is 1.11. The number of nitrogens with one attached hydrogen (secondary N) is 3. The summed E-state index contributed by atoms with van der Waals surface area (Å²) in [7, 11) is 0. The van der Waals surface area contributed by atoms with Crippen LogP contribution in [0.5, 0.6) is 0 Å². The summed E-state index contributed by atoms with van der Waals surface area (Å²) in [5, 5.41) is 6.38. The predicted octanol–water partition coefficient (Wildman–Crippen LogP) is 0.0321. The molecule has 0 aliphatic heterocycles. The molecular formula is C9H16N6OS. The van der Waals surface area contributed by atoms with E-state index in [1.54, 1.807) is 6.07 Å². The third kappa shape index (κ3) is 4.87. The zero-order valence-corrected chi connectivity index (χ0v) is 10.6. The number of amides is 1. The largest absolute Gasteiger partial charge is 0.368 e. The van der Waals surface area contributed by atoms with Crippen molar-refractivity contribution in [3.63, 3.8) is 0 Å². The minimum absolute atomic E-state index is 0.0522. The smallest absolute Gasteiger partial charge is 0.216 e. The summed E-state index contributed by atoms with van der Waals surface area (Å²) in [5.41, 5.74) is 2.48. The van der Waals surface area contributed by atoms with Crippen molar-refractivity contribution in [1.29, 1.82) is 0 Å². The molecule has 0 aliphatic rings. The van der Waals surface area contributed by atoms with Gasteiger partial charge in [0.2, 0.25) is 5.91 Å². The van der Waals surface area contributed by atoms with Crippen molar-refractivity contribution < 1.29 is 4.79 Å². The van der Waals surface area contributed by atoms with Gasteiger partial charge in [0.25, 0.3) is 0 Å². The van der Waals surface area contributed by atoms with Crippen molar-refractivity contribution in [3.8, 4) is 0 Å². The Morgan fingerprint density at radius 3 is 2.71 bits per heavy atom. The molecule has 0 bridgehead atoms. The molecule has 0 unspecified atom stereocenters. The quantitative estimate of drug-likeness (QED) is 0.187. The number of nitrogen functional groups attached to an aromatic ring is 1. The Morgan fingerprint density at radius 2 is 2.12 bits per heavy atom. The number of thioether (sulfide) groups is 1. The normalized spacial score (nSPS) is 9.82. The second kappa shape index (κ2) is 6.92. The minimum atomic E-state index is -0.0522. The number of hydrazine groups is 1. The van der Waals surface area contributed by atoms with E-state index in [1.165, 1.54) is 18.7 Å². The Hall–Kier alpha value is -1.54. The molecule has 1 aromatic rings. The molecule has 0 aliphatic carbocycles. The number of hydrogen-bond acceptors (Lipinski definition) is 7. The van der Waals surface area contributed by atoms with Gasteiger partial charge in [-0.3, -0.25) is 4.79 Å². The van der Waals surface area contributed by atoms with Gasteiger partial charge in [0.1, 0.15) is 11.6 Å². The highest BCUT2D eigenvalue weighted by molar-refractivity contribution is 7.98. The van der Waals surface area contributed by atoms with Crippen LogP contribution in [0, 0.1) is 0 Å². The van der Waals surface area contributed by atoms with Crippen LogP contribution in [0.1, 0.15) is 6.92 Å². The Bertz CT molecular complexity index is 363. The monoisotopic (exact) mass is 256 g/mol. The standard InChI is InChI=1S/C9H16N6OS/c1-6(16)11-3-4-12-7-5-8(15-10)14-9(13-7)17-2/h5H,3-4,10H2,1-2H3,(H,11,16)(H2,12,13,14,15). The average molecular weight is 256 g/mol. The van der Waals surface area contributed by atoms with Crippen molar-refractivity contribution >= 4 is 29.3 Å². The van der Waals surface area contributed by atoms with E-state index in [4.69, 9.17) is 5.84 Å². The van der Waals surface area contributed by atoms with Gasteiger partial charge in [-0.15, -0.1) is 0 Å². The van der Waals surface area contributed by atoms with E-state index in [9.17, 15) is 4.79 Å². The molecule has 8 heteroatoms. The molecule has 7 nitrogen and oxygen atoms in total. The van der Waals surface area contributed by atoms with Crippen LogP contribution in [-0.2, 0) is 4.79 Å². The van der Waals surface area contributed by atoms with Crippen LogP contribution in [0.25, 0.3) is 0 Å². The summed E-state index contributed by atoms with van der Waals surface area (Å²) in [6, 6.07) is 1.70. The lowest BCUT2D eigenvalue weighted by Crippen LogP contribution is -2.26. The van der Waals surface area contributed by atoms with Gasteiger partial charge in [-0.1, -0.05) is 11.8 Å². The predicted molar refractivity (Wildman–Crippen MR) is 68.8 cm³/mol. The summed E-state index contributed by atoms with van der Waals surface area (Å²) < 4.78 is 0. The van der Waals surface area contributed by atoms with Gasteiger partial charge in [0.15, 0.2) is 5.16 Å². The lowest BCUT2D eigenvalue weighted by atomic mass is 10.5. The highest BCUT2D eigenvalue weighted by Crippen LogP contribution is 2.16. The first-order valence-electron chi connectivity index (χ1n) is 5.03. The van der Waals surface area contributed by atoms with E-state index in [-0.39, 0.29) is 5.91 Å². The Labute approximate surface area is 104 Å². The third-order valence-electron chi connectivity index (χ3n) is 1.84. The first kappa shape index (κ1) is 13.5. The highest BCUT2D eigenvalue weighted by atomic mass is 32.2. The maximum Gasteiger partial charge on any atom is 0.216 e. The molecule has 1 rings (SSSR count). The molecule has 1 heterocycles. The lowest BCUT2D eigenvalue weighted by molar-refractivity contribution is -0.118. The second-order valence-electron chi connectivity index (χ2n) is 3.18. The highest BCUT2D eigenvalue weighted by Gasteiger charge is 2.02. The first-order chi connectivity index (χ1) is 8.15. The molecule has 5 N–H and O–H groups in total. The number of hydrogen-bond donors (Lipinski definition) is 4. The molecule has 94 valence electrons. The molecule has 1 aromatic heterocycles. The molecule has 0 fully saturated rings. The van der Waals surface area contributed by atoms with Crippen LogP contribution >= 0.6 is 11.8 Å². The lowest BCUT2D eigenvalue weighted by Gasteiger charge is -2.08. The Balaban J connectivity index is 2.54. The number of rotatable bonds is 6. The van der Waals surface area contributed by atoms with E-state index in [0.29, 0.717) is 29.9 Å². The van der Waals surface area contributed by atoms with E-state index >= 15 is 0 Å². The van der Waals surface area contributed by atoms with Gasteiger partial charge in [0, 0.05) is 26.1 Å². The number of aromatic nitrogens is 2. The topological polar surface area (TPSA) is 105 Å². The van der Waals surface area contributed by atoms with E-state index in [2.05, 4.69) is 26.0 Å². The van der Waals surface area contributed by atoms with Gasteiger partial charge in [0.05, 0.1) is 0 Å². The van der Waals surface area contributed by atoms with Crippen molar-refractivity contribution in [3.05, 3.63) is 6.07 Å². The van der Waals surface area contributed by atoms with Crippen molar-refractivity contribution in [2.24, 2.45) is 5.84 Å². The molecule has 0 atom stereocenters. The second-order valence-corrected chi connectivity index (χ2v) is 3.95. The molecule has 0 saturated heterocycles.